The summed E-state index contributed by atoms with van der Waals surface area (Å²) in [6.45, 7) is 6.46. The Kier molecular flexibility index (Phi) is 3.94. The zero-order chi connectivity index (χ0) is 6.41. The van der Waals surface area contributed by atoms with Crippen LogP contribution in [0.3, 0.4) is 0 Å². The molecule has 8 heavy (non-hydrogen) atoms. The predicted octanol–water partition coefficient (Wildman–Crippen LogP) is 0.810. The largest absolute Gasteiger partial charge is 0.387 e. The third-order valence-electron chi connectivity index (χ3n) is 0.751. The molecule has 0 amide bonds. The molecule has 0 aromatic heterocycles. The van der Waals surface area contributed by atoms with Crippen molar-refractivity contribution >= 4 is 6.21 Å². The standard InChI is InChI=1S/C6H12N2/c1-4-8-5-6(2)7-3/h5,7H,2,4H2,1,3H3. The summed E-state index contributed by atoms with van der Waals surface area (Å²) < 4.78 is 0. The number of hydrogen-bond acceptors (Lipinski definition) is 2. The van der Waals surface area contributed by atoms with Crippen molar-refractivity contribution in [2.75, 3.05) is 13.6 Å². The molecule has 0 saturated carbocycles. The molecular formula is C6H12N2. The van der Waals surface area contributed by atoms with Gasteiger partial charge in [0.1, 0.15) is 0 Å². The molecule has 46 valence electrons. The molecule has 0 aliphatic heterocycles. The fourth-order valence-electron chi connectivity index (χ4n) is 0.266. The van der Waals surface area contributed by atoms with Crippen LogP contribution in [0.4, 0.5) is 0 Å². The number of allylic oxidation sites excluding steroid dienone is 1. The van der Waals surface area contributed by atoms with Gasteiger partial charge in [-0.25, -0.2) is 0 Å². The van der Waals surface area contributed by atoms with Gasteiger partial charge in [-0.15, -0.1) is 0 Å². The summed E-state index contributed by atoms with van der Waals surface area (Å²) in [6.07, 6.45) is 1.72. The highest BCUT2D eigenvalue weighted by Crippen LogP contribution is 1.73. The van der Waals surface area contributed by atoms with E-state index in [4.69, 9.17) is 0 Å². The molecule has 0 atom stereocenters. The third kappa shape index (κ3) is 3.40. The second-order valence-electron chi connectivity index (χ2n) is 1.40. The van der Waals surface area contributed by atoms with E-state index in [2.05, 4.69) is 16.9 Å². The van der Waals surface area contributed by atoms with Crippen LogP contribution >= 0.6 is 0 Å². The van der Waals surface area contributed by atoms with E-state index in [9.17, 15) is 0 Å². The first-order chi connectivity index (χ1) is 3.81. The van der Waals surface area contributed by atoms with E-state index >= 15 is 0 Å². The van der Waals surface area contributed by atoms with Gasteiger partial charge in [-0.3, -0.25) is 4.99 Å². The van der Waals surface area contributed by atoms with Crippen molar-refractivity contribution in [3.05, 3.63) is 12.3 Å². The van der Waals surface area contributed by atoms with Crippen LogP contribution in [0.25, 0.3) is 0 Å². The molecule has 0 heterocycles. The summed E-state index contributed by atoms with van der Waals surface area (Å²) in [7, 11) is 1.82. The number of nitrogens with one attached hydrogen (secondary N) is 1. The van der Waals surface area contributed by atoms with E-state index in [-0.39, 0.29) is 0 Å². The van der Waals surface area contributed by atoms with Gasteiger partial charge in [-0.05, 0) is 6.92 Å². The number of hydrogen-bond donors (Lipinski definition) is 1. The minimum absolute atomic E-state index is 0.820. The molecule has 0 spiro atoms. The van der Waals surface area contributed by atoms with Gasteiger partial charge < -0.3 is 5.32 Å². The summed E-state index contributed by atoms with van der Waals surface area (Å²) in [5.74, 6) is 0. The van der Waals surface area contributed by atoms with E-state index in [1.165, 1.54) is 0 Å². The lowest BCUT2D eigenvalue weighted by Crippen LogP contribution is -2.04. The Balaban J connectivity index is 3.37. The summed E-state index contributed by atoms with van der Waals surface area (Å²) in [5, 5.41) is 2.86. The predicted molar refractivity (Wildman–Crippen MR) is 37.2 cm³/mol. The maximum absolute atomic E-state index is 3.96. The van der Waals surface area contributed by atoms with E-state index in [0.717, 1.165) is 12.2 Å². The fourth-order valence-corrected chi connectivity index (χ4v) is 0.266. The molecule has 0 radical (unpaired) electrons. The SMILES string of the molecule is C=C(C=NCC)NC. The van der Waals surface area contributed by atoms with Crippen molar-refractivity contribution < 1.29 is 0 Å². The average molecular weight is 112 g/mol. The van der Waals surface area contributed by atoms with Crippen LogP contribution in [0.5, 0.6) is 0 Å². The average Bonchev–Trinajstić information content (AvgIpc) is 1.83. The monoisotopic (exact) mass is 112 g/mol. The lowest BCUT2D eigenvalue weighted by Gasteiger charge is -1.92. The fraction of sp³-hybridized carbons (Fsp3) is 0.500. The summed E-state index contributed by atoms with van der Waals surface area (Å²) in [5.41, 5.74) is 0.854. The first-order valence-electron chi connectivity index (χ1n) is 2.67. The summed E-state index contributed by atoms with van der Waals surface area (Å²) in [6, 6.07) is 0. The van der Waals surface area contributed by atoms with Crippen molar-refractivity contribution in [1.29, 1.82) is 0 Å². The van der Waals surface area contributed by atoms with Crippen LogP contribution in [0.15, 0.2) is 17.3 Å². The van der Waals surface area contributed by atoms with Crippen molar-refractivity contribution in [3.63, 3.8) is 0 Å². The molecule has 0 unspecified atom stereocenters. The van der Waals surface area contributed by atoms with E-state index in [1.807, 2.05) is 14.0 Å². The first-order valence-corrected chi connectivity index (χ1v) is 2.67. The van der Waals surface area contributed by atoms with Crippen LogP contribution in [0, 0.1) is 0 Å². The zero-order valence-electron chi connectivity index (χ0n) is 5.44. The van der Waals surface area contributed by atoms with Crippen LogP contribution < -0.4 is 5.32 Å². The van der Waals surface area contributed by atoms with E-state index in [1.54, 1.807) is 6.21 Å². The Morgan fingerprint density at radius 3 is 2.88 bits per heavy atom. The number of nitrogens with zero attached hydrogens (tertiary/aromatic N) is 1. The maximum Gasteiger partial charge on any atom is 0.0446 e. The van der Waals surface area contributed by atoms with E-state index < -0.39 is 0 Å². The van der Waals surface area contributed by atoms with Crippen molar-refractivity contribution in [2.45, 2.75) is 6.92 Å². The van der Waals surface area contributed by atoms with Crippen LogP contribution in [-0.4, -0.2) is 19.8 Å². The van der Waals surface area contributed by atoms with Gasteiger partial charge in [-0.2, -0.15) is 0 Å². The Hall–Kier alpha value is -0.790. The van der Waals surface area contributed by atoms with Gasteiger partial charge in [0, 0.05) is 25.5 Å². The van der Waals surface area contributed by atoms with Gasteiger partial charge in [-0.1, -0.05) is 6.58 Å². The molecule has 0 rings (SSSR count). The quantitative estimate of drug-likeness (QED) is 0.537. The molecule has 0 aliphatic rings. The molecule has 0 aromatic rings. The topological polar surface area (TPSA) is 24.4 Å². The molecule has 0 aliphatic carbocycles. The number of rotatable bonds is 3. The molecule has 1 N–H and O–H groups in total. The Bertz CT molecular complexity index is 94.7. The minimum atomic E-state index is 0.820. The molecule has 0 saturated heterocycles. The molecule has 0 fully saturated rings. The number of aliphatic imine (C=N–C) groups is 1. The summed E-state index contributed by atoms with van der Waals surface area (Å²) >= 11 is 0. The van der Waals surface area contributed by atoms with Crippen molar-refractivity contribution in [3.8, 4) is 0 Å². The molecule has 0 bridgehead atoms. The minimum Gasteiger partial charge on any atom is -0.387 e. The van der Waals surface area contributed by atoms with Crippen LogP contribution in [0.1, 0.15) is 6.92 Å². The maximum atomic E-state index is 3.96. The Labute approximate surface area is 50.3 Å². The van der Waals surface area contributed by atoms with Crippen LogP contribution in [0.2, 0.25) is 0 Å². The van der Waals surface area contributed by atoms with Gasteiger partial charge in [0.25, 0.3) is 0 Å². The first kappa shape index (κ1) is 7.21. The molecular weight excluding hydrogens is 100 g/mol. The highest BCUT2D eigenvalue weighted by molar-refractivity contribution is 5.76. The lowest BCUT2D eigenvalue weighted by atomic mass is 10.5. The smallest absolute Gasteiger partial charge is 0.0446 e. The summed E-state index contributed by atoms with van der Waals surface area (Å²) in [4.78, 5) is 3.96. The van der Waals surface area contributed by atoms with Gasteiger partial charge in [0.05, 0.1) is 0 Å². The zero-order valence-corrected chi connectivity index (χ0v) is 5.44. The molecule has 0 aromatic carbocycles. The Morgan fingerprint density at radius 2 is 2.50 bits per heavy atom. The highest BCUT2D eigenvalue weighted by Gasteiger charge is 1.75. The van der Waals surface area contributed by atoms with Crippen LogP contribution in [-0.2, 0) is 0 Å². The third-order valence-corrected chi connectivity index (χ3v) is 0.751. The highest BCUT2D eigenvalue weighted by atomic mass is 14.8. The van der Waals surface area contributed by atoms with Crippen molar-refractivity contribution in [1.82, 2.24) is 5.32 Å². The lowest BCUT2D eigenvalue weighted by molar-refractivity contribution is 1.05. The second-order valence-corrected chi connectivity index (χ2v) is 1.40. The molecule has 2 nitrogen and oxygen atoms in total. The second kappa shape index (κ2) is 4.37. The molecule has 2 heteroatoms. The Morgan fingerprint density at radius 1 is 1.88 bits per heavy atom. The van der Waals surface area contributed by atoms with Crippen molar-refractivity contribution in [2.24, 2.45) is 4.99 Å². The van der Waals surface area contributed by atoms with E-state index in [0.29, 0.717) is 0 Å². The van der Waals surface area contributed by atoms with Gasteiger partial charge in [0.2, 0.25) is 0 Å². The van der Waals surface area contributed by atoms with Gasteiger partial charge in [0.15, 0.2) is 0 Å². The van der Waals surface area contributed by atoms with Gasteiger partial charge >= 0.3 is 0 Å². The normalized spacial score (nSPS) is 9.75.